The molecule has 0 saturated heterocycles. The van der Waals surface area contributed by atoms with Gasteiger partial charge in [0.2, 0.25) is 5.76 Å². The molecule has 0 fully saturated rings. The fraction of sp³-hybridized carbons (Fsp3) is 0.312. The Bertz CT molecular complexity index is 567. The molecule has 2 rings (SSSR count). The molecule has 4 nitrogen and oxygen atoms in total. The van der Waals surface area contributed by atoms with Crippen molar-refractivity contribution in [1.29, 1.82) is 0 Å². The first-order chi connectivity index (χ1) is 9.44. The molecule has 1 N–H and O–H groups in total. The zero-order chi connectivity index (χ0) is 14.6. The molecule has 0 aliphatic rings. The Morgan fingerprint density at radius 3 is 2.50 bits per heavy atom. The Morgan fingerprint density at radius 1 is 1.15 bits per heavy atom. The number of ether oxygens (including phenoxy) is 1. The number of hydrogen-bond acceptors (Lipinski definition) is 4. The van der Waals surface area contributed by atoms with Crippen molar-refractivity contribution in [3.05, 3.63) is 54.0 Å². The molecule has 1 aromatic heterocycles. The van der Waals surface area contributed by atoms with Crippen LogP contribution in [-0.4, -0.2) is 11.6 Å². The predicted molar refractivity (Wildman–Crippen MR) is 77.6 cm³/mol. The minimum absolute atomic E-state index is 0.227. The fourth-order valence-corrected chi connectivity index (χ4v) is 1.66. The first kappa shape index (κ1) is 14.2. The van der Waals surface area contributed by atoms with Gasteiger partial charge in [0.1, 0.15) is 11.4 Å². The molecule has 1 aromatic carbocycles. The van der Waals surface area contributed by atoms with Gasteiger partial charge < -0.3 is 14.5 Å². The van der Waals surface area contributed by atoms with E-state index >= 15 is 0 Å². The molecule has 4 heteroatoms. The van der Waals surface area contributed by atoms with Gasteiger partial charge in [0.15, 0.2) is 0 Å². The molecule has 0 atom stereocenters. The number of nitrogens with one attached hydrogen (secondary N) is 1. The molecule has 1 heterocycles. The highest BCUT2D eigenvalue weighted by atomic mass is 16.6. The molecule has 0 aliphatic heterocycles. The van der Waals surface area contributed by atoms with Gasteiger partial charge in [-0.05, 0) is 45.0 Å². The van der Waals surface area contributed by atoms with Crippen LogP contribution < -0.4 is 5.32 Å². The van der Waals surface area contributed by atoms with Gasteiger partial charge in [-0.1, -0.05) is 18.2 Å². The number of benzene rings is 1. The number of carbonyl (C=O) groups is 1. The highest BCUT2D eigenvalue weighted by Crippen LogP contribution is 2.16. The minimum atomic E-state index is -0.522. The van der Waals surface area contributed by atoms with Gasteiger partial charge in [-0.25, -0.2) is 4.79 Å². The molecule has 0 amide bonds. The van der Waals surface area contributed by atoms with Crippen molar-refractivity contribution in [2.45, 2.75) is 32.9 Å². The van der Waals surface area contributed by atoms with E-state index < -0.39 is 11.6 Å². The topological polar surface area (TPSA) is 51.5 Å². The van der Waals surface area contributed by atoms with E-state index in [1.807, 2.05) is 51.1 Å². The third kappa shape index (κ3) is 4.16. The fourth-order valence-electron chi connectivity index (χ4n) is 1.66. The predicted octanol–water partition coefficient (Wildman–Crippen LogP) is 3.85. The number of hydrogen-bond donors (Lipinski definition) is 1. The second-order valence-electron chi connectivity index (χ2n) is 5.49. The van der Waals surface area contributed by atoms with Crippen LogP contribution in [0, 0.1) is 0 Å². The average Bonchev–Trinajstić information content (AvgIpc) is 2.84. The number of para-hydroxylation sites is 1. The van der Waals surface area contributed by atoms with Crippen molar-refractivity contribution >= 4 is 11.7 Å². The van der Waals surface area contributed by atoms with Crippen LogP contribution in [0.1, 0.15) is 37.1 Å². The third-order valence-electron chi connectivity index (χ3n) is 2.50. The number of anilines is 1. The summed E-state index contributed by atoms with van der Waals surface area (Å²) >= 11 is 0. The van der Waals surface area contributed by atoms with E-state index in [1.54, 1.807) is 12.1 Å². The highest BCUT2D eigenvalue weighted by molar-refractivity contribution is 5.86. The Kier molecular flexibility index (Phi) is 4.13. The van der Waals surface area contributed by atoms with E-state index in [0.29, 0.717) is 12.3 Å². The normalized spacial score (nSPS) is 11.2. The molecule has 0 unspecified atom stereocenters. The number of carbonyl (C=O) groups excluding carboxylic acids is 1. The Morgan fingerprint density at radius 2 is 1.85 bits per heavy atom. The summed E-state index contributed by atoms with van der Waals surface area (Å²) in [5.41, 5.74) is 0.481. The molecule has 0 aliphatic carbocycles. The second-order valence-corrected chi connectivity index (χ2v) is 5.49. The Balaban J connectivity index is 1.94. The number of esters is 1. The lowest BCUT2D eigenvalue weighted by molar-refractivity contribution is 0.00345. The second kappa shape index (κ2) is 5.82. The maximum absolute atomic E-state index is 11.8. The van der Waals surface area contributed by atoms with E-state index in [1.165, 1.54) is 0 Å². The number of furan rings is 1. The van der Waals surface area contributed by atoms with E-state index in [0.717, 1.165) is 5.69 Å². The van der Waals surface area contributed by atoms with Gasteiger partial charge in [-0.2, -0.15) is 0 Å². The van der Waals surface area contributed by atoms with Gasteiger partial charge in [0, 0.05) is 5.69 Å². The smallest absolute Gasteiger partial charge is 0.374 e. The van der Waals surface area contributed by atoms with Crippen molar-refractivity contribution < 1.29 is 13.9 Å². The molecule has 2 aromatic rings. The van der Waals surface area contributed by atoms with Crippen LogP contribution in [0.5, 0.6) is 0 Å². The third-order valence-corrected chi connectivity index (χ3v) is 2.50. The van der Waals surface area contributed by atoms with Crippen molar-refractivity contribution in [3.63, 3.8) is 0 Å². The summed E-state index contributed by atoms with van der Waals surface area (Å²) in [6.07, 6.45) is 0. The molecular formula is C16H19NO3. The summed E-state index contributed by atoms with van der Waals surface area (Å²) < 4.78 is 10.7. The zero-order valence-corrected chi connectivity index (χ0v) is 12.0. The van der Waals surface area contributed by atoms with Crippen LogP contribution in [0.4, 0.5) is 5.69 Å². The van der Waals surface area contributed by atoms with Crippen molar-refractivity contribution in [3.8, 4) is 0 Å². The summed E-state index contributed by atoms with van der Waals surface area (Å²) in [6.45, 7) is 6.00. The van der Waals surface area contributed by atoms with Crippen LogP contribution in [0.15, 0.2) is 46.9 Å². The van der Waals surface area contributed by atoms with Crippen LogP contribution >= 0.6 is 0 Å². The quantitative estimate of drug-likeness (QED) is 0.860. The maximum Gasteiger partial charge on any atom is 0.374 e. The monoisotopic (exact) mass is 273 g/mol. The lowest BCUT2D eigenvalue weighted by Crippen LogP contribution is -2.23. The molecule has 0 saturated carbocycles. The van der Waals surface area contributed by atoms with E-state index in [2.05, 4.69) is 5.32 Å². The van der Waals surface area contributed by atoms with E-state index in [-0.39, 0.29) is 5.76 Å². The van der Waals surface area contributed by atoms with Crippen molar-refractivity contribution in [2.75, 3.05) is 5.32 Å². The lowest BCUT2D eigenvalue weighted by Gasteiger charge is -2.18. The van der Waals surface area contributed by atoms with Crippen molar-refractivity contribution in [1.82, 2.24) is 0 Å². The largest absolute Gasteiger partial charge is 0.454 e. The van der Waals surface area contributed by atoms with Gasteiger partial charge >= 0.3 is 5.97 Å². The van der Waals surface area contributed by atoms with Crippen molar-refractivity contribution in [2.24, 2.45) is 0 Å². The summed E-state index contributed by atoms with van der Waals surface area (Å²) in [4.78, 5) is 11.8. The average molecular weight is 273 g/mol. The standard InChI is InChI=1S/C16H19NO3/c1-16(2,3)20-15(18)14-10-9-13(19-14)11-17-12-7-5-4-6-8-12/h4-10,17H,11H2,1-3H3. The first-order valence-corrected chi connectivity index (χ1v) is 6.55. The minimum Gasteiger partial charge on any atom is -0.454 e. The van der Waals surface area contributed by atoms with Gasteiger partial charge in [0.25, 0.3) is 0 Å². The summed E-state index contributed by atoms with van der Waals surface area (Å²) in [5.74, 6) is 0.475. The summed E-state index contributed by atoms with van der Waals surface area (Å²) in [6, 6.07) is 13.2. The molecule has 0 spiro atoms. The summed E-state index contributed by atoms with van der Waals surface area (Å²) in [7, 11) is 0. The van der Waals surface area contributed by atoms with Gasteiger partial charge in [-0.15, -0.1) is 0 Å². The molecular weight excluding hydrogens is 254 g/mol. The first-order valence-electron chi connectivity index (χ1n) is 6.55. The highest BCUT2D eigenvalue weighted by Gasteiger charge is 2.20. The van der Waals surface area contributed by atoms with Gasteiger partial charge in [0.05, 0.1) is 6.54 Å². The molecule has 0 radical (unpaired) electrons. The maximum atomic E-state index is 11.8. The molecule has 106 valence electrons. The van der Waals surface area contributed by atoms with Gasteiger partial charge in [-0.3, -0.25) is 0 Å². The Labute approximate surface area is 118 Å². The zero-order valence-electron chi connectivity index (χ0n) is 12.0. The van der Waals surface area contributed by atoms with E-state index in [4.69, 9.17) is 9.15 Å². The van der Waals surface area contributed by atoms with Crippen LogP contribution in [-0.2, 0) is 11.3 Å². The molecule has 0 bridgehead atoms. The summed E-state index contributed by atoms with van der Waals surface area (Å²) in [5, 5.41) is 3.22. The van der Waals surface area contributed by atoms with Crippen LogP contribution in [0.2, 0.25) is 0 Å². The van der Waals surface area contributed by atoms with Crippen LogP contribution in [0.3, 0.4) is 0 Å². The lowest BCUT2D eigenvalue weighted by atomic mass is 10.2. The molecule has 20 heavy (non-hydrogen) atoms. The Hall–Kier alpha value is -2.23. The SMILES string of the molecule is CC(C)(C)OC(=O)c1ccc(CNc2ccccc2)o1. The van der Waals surface area contributed by atoms with E-state index in [9.17, 15) is 4.79 Å². The number of rotatable bonds is 4. The van der Waals surface area contributed by atoms with Crippen LogP contribution in [0.25, 0.3) is 0 Å².